The summed E-state index contributed by atoms with van der Waals surface area (Å²) in [6.07, 6.45) is 2.29. The largest absolute Gasteiger partial charge is 0.386 e. The summed E-state index contributed by atoms with van der Waals surface area (Å²) in [7, 11) is -2.30. The normalized spacial score (nSPS) is 13.8. The van der Waals surface area contributed by atoms with Crippen molar-refractivity contribution < 1.29 is 8.85 Å². The smallest absolute Gasteiger partial charge is 0.365 e. The van der Waals surface area contributed by atoms with Crippen LogP contribution in [-0.4, -0.2) is 19.8 Å². The van der Waals surface area contributed by atoms with Crippen molar-refractivity contribution in [2.75, 3.05) is 0 Å². The molecular weight excluding hydrogens is 228 g/mol. The summed E-state index contributed by atoms with van der Waals surface area (Å²) in [4.78, 5) is 0. The Kier molecular flexibility index (Phi) is 6.12. The fraction of sp³-hybridized carbons (Fsp3) is 0.857. The molecule has 0 amide bonds. The average molecular weight is 258 g/mol. The van der Waals surface area contributed by atoms with E-state index in [2.05, 4.69) is 55.0 Å². The Morgan fingerprint density at radius 1 is 1.00 bits per heavy atom. The van der Waals surface area contributed by atoms with E-state index < -0.39 is 8.56 Å². The third kappa shape index (κ3) is 7.74. The predicted octanol–water partition coefficient (Wildman–Crippen LogP) is 4.58. The van der Waals surface area contributed by atoms with E-state index in [-0.39, 0.29) is 11.2 Å². The quantitative estimate of drug-likeness (QED) is 0.649. The van der Waals surface area contributed by atoms with Crippen LogP contribution in [0.15, 0.2) is 12.3 Å². The van der Waals surface area contributed by atoms with Crippen molar-refractivity contribution in [1.82, 2.24) is 0 Å². The van der Waals surface area contributed by atoms with Crippen LogP contribution in [0, 0.1) is 0 Å². The molecule has 0 radical (unpaired) electrons. The lowest BCUT2D eigenvalue weighted by Gasteiger charge is -2.39. The van der Waals surface area contributed by atoms with Crippen molar-refractivity contribution >= 4 is 8.56 Å². The van der Waals surface area contributed by atoms with Gasteiger partial charge in [-0.05, 0) is 53.3 Å². The highest BCUT2D eigenvalue weighted by Gasteiger charge is 2.41. The Morgan fingerprint density at radius 2 is 1.41 bits per heavy atom. The topological polar surface area (TPSA) is 18.5 Å². The molecule has 0 saturated heterocycles. The molecule has 0 aliphatic carbocycles. The second kappa shape index (κ2) is 6.16. The summed E-state index contributed by atoms with van der Waals surface area (Å²) in [5.41, 5.74) is 1.58. The van der Waals surface area contributed by atoms with Gasteiger partial charge in [0.25, 0.3) is 0 Å². The van der Waals surface area contributed by atoms with Gasteiger partial charge in [-0.1, -0.05) is 19.8 Å². The zero-order valence-corrected chi connectivity index (χ0v) is 13.7. The molecule has 2 nitrogen and oxygen atoms in total. The second-order valence-corrected chi connectivity index (χ2v) is 9.49. The van der Waals surface area contributed by atoms with Crippen molar-refractivity contribution in [3.8, 4) is 0 Å². The van der Waals surface area contributed by atoms with Gasteiger partial charge >= 0.3 is 8.56 Å². The van der Waals surface area contributed by atoms with Crippen molar-refractivity contribution in [2.24, 2.45) is 0 Å². The van der Waals surface area contributed by atoms with Crippen LogP contribution in [0.5, 0.6) is 0 Å². The first kappa shape index (κ1) is 16.9. The van der Waals surface area contributed by atoms with E-state index in [4.69, 9.17) is 8.85 Å². The lowest BCUT2D eigenvalue weighted by atomic mass is 10.2. The van der Waals surface area contributed by atoms with Gasteiger partial charge in [-0.15, -0.1) is 6.58 Å². The molecule has 102 valence electrons. The van der Waals surface area contributed by atoms with Crippen molar-refractivity contribution in [2.45, 2.75) is 78.6 Å². The second-order valence-electron chi connectivity index (χ2n) is 6.55. The van der Waals surface area contributed by atoms with Crippen LogP contribution in [0.25, 0.3) is 0 Å². The lowest BCUT2D eigenvalue weighted by Crippen LogP contribution is -2.50. The molecule has 0 rings (SSSR count). The number of unbranched alkanes of at least 4 members (excludes halogenated alkanes) is 1. The van der Waals surface area contributed by atoms with Gasteiger partial charge in [0.15, 0.2) is 0 Å². The Morgan fingerprint density at radius 3 is 1.65 bits per heavy atom. The average Bonchev–Trinajstić information content (AvgIpc) is 2.09. The van der Waals surface area contributed by atoms with Crippen LogP contribution in [0.1, 0.15) is 61.3 Å². The van der Waals surface area contributed by atoms with Crippen LogP contribution in [0.4, 0.5) is 0 Å². The van der Waals surface area contributed by atoms with Crippen molar-refractivity contribution in [1.29, 1.82) is 0 Å². The fourth-order valence-electron chi connectivity index (χ4n) is 1.77. The summed E-state index contributed by atoms with van der Waals surface area (Å²) in [5.74, 6) is 0. The first-order chi connectivity index (χ1) is 7.54. The van der Waals surface area contributed by atoms with Crippen LogP contribution in [0.2, 0.25) is 6.04 Å². The van der Waals surface area contributed by atoms with Crippen LogP contribution in [-0.2, 0) is 8.85 Å². The van der Waals surface area contributed by atoms with Gasteiger partial charge in [-0.25, -0.2) is 0 Å². The van der Waals surface area contributed by atoms with E-state index in [9.17, 15) is 0 Å². The summed E-state index contributed by atoms with van der Waals surface area (Å²) in [6, 6.07) is 0.988. The molecule has 0 spiro atoms. The number of rotatable bonds is 6. The molecule has 0 N–H and O–H groups in total. The molecular formula is C14H30O2Si. The number of hydrogen-bond acceptors (Lipinski definition) is 2. The fourth-order valence-corrected chi connectivity index (χ4v) is 5.30. The highest BCUT2D eigenvalue weighted by Crippen LogP contribution is 2.29. The monoisotopic (exact) mass is 258 g/mol. The van der Waals surface area contributed by atoms with Crippen LogP contribution < -0.4 is 0 Å². The SMILES string of the molecule is C=C[Si](CCCC)(OC(C)(C)C)OC(C)(C)C. The van der Waals surface area contributed by atoms with E-state index >= 15 is 0 Å². The van der Waals surface area contributed by atoms with Gasteiger partial charge in [0.05, 0.1) is 11.2 Å². The van der Waals surface area contributed by atoms with E-state index in [0.29, 0.717) is 0 Å². The molecule has 0 unspecified atom stereocenters. The molecule has 17 heavy (non-hydrogen) atoms. The Labute approximate surface area is 109 Å². The molecule has 0 heterocycles. The van der Waals surface area contributed by atoms with E-state index in [1.165, 1.54) is 0 Å². The molecule has 0 aromatic rings. The summed E-state index contributed by atoms with van der Waals surface area (Å²) >= 11 is 0. The zero-order valence-electron chi connectivity index (χ0n) is 12.7. The molecule has 0 aromatic carbocycles. The minimum atomic E-state index is -2.30. The molecule has 0 fully saturated rings. The van der Waals surface area contributed by atoms with E-state index in [1.54, 1.807) is 0 Å². The standard InChI is InChI=1S/C14H30O2Si/c1-9-11-12-17(10-2,15-13(3,4)5)16-14(6,7)8/h10H,2,9,11-12H2,1,3-8H3. The van der Waals surface area contributed by atoms with Crippen molar-refractivity contribution in [3.05, 3.63) is 12.3 Å². The molecule has 0 aliphatic heterocycles. The van der Waals surface area contributed by atoms with E-state index in [1.807, 2.05) is 5.70 Å². The van der Waals surface area contributed by atoms with Gasteiger partial charge in [-0.3, -0.25) is 0 Å². The maximum atomic E-state index is 6.25. The molecule has 0 aromatic heterocycles. The molecule has 0 bridgehead atoms. The van der Waals surface area contributed by atoms with Gasteiger partial charge in [-0.2, -0.15) is 0 Å². The minimum Gasteiger partial charge on any atom is -0.386 e. The van der Waals surface area contributed by atoms with Gasteiger partial charge in [0.1, 0.15) is 0 Å². The lowest BCUT2D eigenvalue weighted by molar-refractivity contribution is 0.0208. The Bertz CT molecular complexity index is 220. The summed E-state index contributed by atoms with van der Waals surface area (Å²) < 4.78 is 12.5. The molecule has 0 saturated carbocycles. The Hall–Kier alpha value is -0.123. The maximum absolute atomic E-state index is 6.25. The summed E-state index contributed by atoms with van der Waals surface area (Å²) in [5, 5.41) is 0. The van der Waals surface area contributed by atoms with Crippen LogP contribution >= 0.6 is 0 Å². The summed E-state index contributed by atoms with van der Waals surface area (Å²) in [6.45, 7) is 18.6. The first-order valence-corrected chi connectivity index (χ1v) is 8.68. The van der Waals surface area contributed by atoms with Crippen molar-refractivity contribution in [3.63, 3.8) is 0 Å². The van der Waals surface area contributed by atoms with Gasteiger partial charge in [0.2, 0.25) is 0 Å². The predicted molar refractivity (Wildman–Crippen MR) is 77.3 cm³/mol. The third-order valence-corrected chi connectivity index (χ3v) is 5.74. The maximum Gasteiger partial charge on any atom is 0.365 e. The van der Waals surface area contributed by atoms with Gasteiger partial charge in [0, 0.05) is 0 Å². The molecule has 3 heteroatoms. The first-order valence-electron chi connectivity index (χ1n) is 6.57. The molecule has 0 aliphatic rings. The van der Waals surface area contributed by atoms with E-state index in [0.717, 1.165) is 18.9 Å². The van der Waals surface area contributed by atoms with Crippen LogP contribution in [0.3, 0.4) is 0 Å². The molecule has 0 atom stereocenters. The van der Waals surface area contributed by atoms with Gasteiger partial charge < -0.3 is 8.85 Å². The minimum absolute atomic E-state index is 0.181. The Balaban J connectivity index is 4.94. The third-order valence-electron chi connectivity index (χ3n) is 2.15. The highest BCUT2D eigenvalue weighted by molar-refractivity contribution is 6.72. The number of hydrogen-bond donors (Lipinski definition) is 0. The zero-order chi connectivity index (χ0) is 13.7. The highest BCUT2D eigenvalue weighted by atomic mass is 28.4.